The Hall–Kier alpha value is -2.43. The molecule has 1 saturated heterocycles. The molecule has 29 heavy (non-hydrogen) atoms. The van der Waals surface area contributed by atoms with Crippen LogP contribution in [0.1, 0.15) is 30.1 Å². The van der Waals surface area contributed by atoms with Crippen molar-refractivity contribution in [2.24, 2.45) is 0 Å². The van der Waals surface area contributed by atoms with Gasteiger partial charge in [-0.05, 0) is 44.0 Å². The van der Waals surface area contributed by atoms with Gasteiger partial charge in [-0.2, -0.15) is 4.31 Å². The van der Waals surface area contributed by atoms with Gasteiger partial charge in [0, 0.05) is 30.6 Å². The first-order chi connectivity index (χ1) is 13.9. The van der Waals surface area contributed by atoms with Gasteiger partial charge in [-0.3, -0.25) is 4.98 Å². The molecule has 0 bridgehead atoms. The first-order valence-corrected chi connectivity index (χ1v) is 11.5. The van der Waals surface area contributed by atoms with E-state index in [1.165, 1.54) is 27.8 Å². The van der Waals surface area contributed by atoms with Gasteiger partial charge < -0.3 is 5.32 Å². The molecule has 1 fully saturated rings. The highest BCUT2D eigenvalue weighted by Gasteiger charge is 2.30. The van der Waals surface area contributed by atoms with Gasteiger partial charge in [-0.15, -0.1) is 11.3 Å². The monoisotopic (exact) mass is 433 g/mol. The van der Waals surface area contributed by atoms with Crippen LogP contribution >= 0.6 is 11.3 Å². The molecule has 2 aromatic heterocycles. The third kappa shape index (κ3) is 4.44. The molecule has 0 spiro atoms. The normalized spacial score (nSPS) is 16.1. The number of aromatic nitrogens is 3. The predicted molar refractivity (Wildman–Crippen MR) is 109 cm³/mol. The fraction of sp³-hybridized carbons (Fsp3) is 0.316. The third-order valence-corrected chi connectivity index (χ3v) is 7.62. The van der Waals surface area contributed by atoms with Gasteiger partial charge in [-0.1, -0.05) is 0 Å². The summed E-state index contributed by atoms with van der Waals surface area (Å²) in [4.78, 5) is 13.4. The summed E-state index contributed by atoms with van der Waals surface area (Å²) in [5.41, 5.74) is 1.78. The van der Waals surface area contributed by atoms with Crippen LogP contribution in [0.3, 0.4) is 0 Å². The molecule has 1 aromatic carbocycles. The Bertz CT molecular complexity index is 1090. The highest BCUT2D eigenvalue weighted by molar-refractivity contribution is 7.89. The Morgan fingerprint density at radius 1 is 1.14 bits per heavy atom. The highest BCUT2D eigenvalue weighted by Crippen LogP contribution is 2.30. The van der Waals surface area contributed by atoms with Gasteiger partial charge in [-0.25, -0.2) is 22.8 Å². The Balaban J connectivity index is 1.43. The Morgan fingerprint density at radius 3 is 2.52 bits per heavy atom. The van der Waals surface area contributed by atoms with E-state index < -0.39 is 15.8 Å². The Morgan fingerprint density at radius 2 is 1.86 bits per heavy atom. The minimum absolute atomic E-state index is 0.113. The maximum absolute atomic E-state index is 13.1. The fourth-order valence-electron chi connectivity index (χ4n) is 3.31. The summed E-state index contributed by atoms with van der Waals surface area (Å²) in [6.07, 6.45) is 4.67. The topological polar surface area (TPSA) is 88.1 Å². The van der Waals surface area contributed by atoms with Crippen LogP contribution in [0.5, 0.6) is 0 Å². The predicted octanol–water partition coefficient (Wildman–Crippen LogP) is 3.69. The van der Waals surface area contributed by atoms with E-state index >= 15 is 0 Å². The molecule has 10 heteroatoms. The molecule has 0 radical (unpaired) electrons. The standard InChI is InChI=1S/C19H20FN5O2S2/c1-13-12-28-19(22-13)24-18-11-21-10-17(23-18)14-6-8-25(9-7-14)29(26,27)16-4-2-15(20)3-5-16/h2-5,10-12,14H,6-9H2,1H3,(H,22,23,24). The fourth-order valence-corrected chi connectivity index (χ4v) is 5.47. The van der Waals surface area contributed by atoms with E-state index in [0.717, 1.165) is 28.7 Å². The third-order valence-electron chi connectivity index (χ3n) is 4.83. The van der Waals surface area contributed by atoms with E-state index in [1.807, 2.05) is 12.3 Å². The molecule has 1 N–H and O–H groups in total. The first-order valence-electron chi connectivity index (χ1n) is 9.18. The SMILES string of the molecule is Cc1csc(Nc2cncc(C3CCN(S(=O)(=O)c4ccc(F)cc4)CC3)n2)n1. The van der Waals surface area contributed by atoms with Crippen molar-refractivity contribution in [1.29, 1.82) is 0 Å². The number of hydrogen-bond acceptors (Lipinski definition) is 7. The van der Waals surface area contributed by atoms with Crippen molar-refractivity contribution in [3.8, 4) is 0 Å². The zero-order valence-corrected chi connectivity index (χ0v) is 17.4. The van der Waals surface area contributed by atoms with Gasteiger partial charge in [0.2, 0.25) is 10.0 Å². The maximum Gasteiger partial charge on any atom is 0.243 e. The van der Waals surface area contributed by atoms with Gasteiger partial charge in [0.15, 0.2) is 10.9 Å². The number of nitrogens with one attached hydrogen (secondary N) is 1. The molecule has 0 aliphatic carbocycles. The first kappa shape index (κ1) is 19.9. The number of sulfonamides is 1. The van der Waals surface area contributed by atoms with E-state index in [1.54, 1.807) is 12.4 Å². The Labute approximate surface area is 172 Å². The second kappa shape index (κ2) is 8.13. The molecular formula is C19H20FN5O2S2. The summed E-state index contributed by atoms with van der Waals surface area (Å²) in [6, 6.07) is 4.94. The van der Waals surface area contributed by atoms with Gasteiger partial charge in [0.1, 0.15) is 5.82 Å². The minimum atomic E-state index is -3.62. The summed E-state index contributed by atoms with van der Waals surface area (Å²) in [5, 5.41) is 5.87. The molecule has 0 unspecified atom stereocenters. The number of halogens is 1. The van der Waals surface area contributed by atoms with Crippen LogP contribution in [0.4, 0.5) is 15.3 Å². The van der Waals surface area contributed by atoms with Crippen LogP contribution < -0.4 is 5.32 Å². The average molecular weight is 434 g/mol. The van der Waals surface area contributed by atoms with Crippen LogP contribution in [-0.2, 0) is 10.0 Å². The molecule has 7 nitrogen and oxygen atoms in total. The molecule has 1 aliphatic rings. The quantitative estimate of drug-likeness (QED) is 0.660. The zero-order valence-electron chi connectivity index (χ0n) is 15.7. The van der Waals surface area contributed by atoms with Crippen molar-refractivity contribution >= 4 is 32.3 Å². The van der Waals surface area contributed by atoms with Crippen LogP contribution in [-0.4, -0.2) is 40.8 Å². The van der Waals surface area contributed by atoms with Crippen LogP contribution in [0.2, 0.25) is 0 Å². The lowest BCUT2D eigenvalue weighted by atomic mass is 9.95. The molecule has 152 valence electrons. The molecule has 0 saturated carbocycles. The van der Waals surface area contributed by atoms with Crippen LogP contribution in [0.15, 0.2) is 46.9 Å². The zero-order chi connectivity index (χ0) is 20.4. The highest BCUT2D eigenvalue weighted by atomic mass is 32.2. The maximum atomic E-state index is 13.1. The summed E-state index contributed by atoms with van der Waals surface area (Å²) in [6.45, 7) is 2.70. The van der Waals surface area contributed by atoms with Crippen molar-refractivity contribution in [3.63, 3.8) is 0 Å². The number of rotatable bonds is 5. The van der Waals surface area contributed by atoms with Gasteiger partial charge in [0.05, 0.1) is 22.5 Å². The number of piperidine rings is 1. The Kier molecular flexibility index (Phi) is 5.57. The van der Waals surface area contributed by atoms with Crippen molar-refractivity contribution in [1.82, 2.24) is 19.3 Å². The lowest BCUT2D eigenvalue weighted by Crippen LogP contribution is -2.38. The van der Waals surface area contributed by atoms with E-state index in [-0.39, 0.29) is 10.8 Å². The van der Waals surface area contributed by atoms with E-state index in [4.69, 9.17) is 0 Å². The number of anilines is 2. The summed E-state index contributed by atoms with van der Waals surface area (Å²) >= 11 is 1.50. The number of benzene rings is 1. The van der Waals surface area contributed by atoms with Crippen LogP contribution in [0.25, 0.3) is 0 Å². The molecule has 4 rings (SSSR count). The number of aryl methyl sites for hydroxylation is 1. The number of thiazole rings is 1. The van der Waals surface area contributed by atoms with Crippen molar-refractivity contribution in [2.75, 3.05) is 18.4 Å². The molecule has 0 amide bonds. The summed E-state index contributed by atoms with van der Waals surface area (Å²) in [5.74, 6) is 0.294. The van der Waals surface area contributed by atoms with Gasteiger partial charge in [0.25, 0.3) is 0 Å². The lowest BCUT2D eigenvalue weighted by Gasteiger charge is -2.30. The van der Waals surface area contributed by atoms with E-state index in [2.05, 4.69) is 20.3 Å². The molecule has 3 heterocycles. The van der Waals surface area contributed by atoms with E-state index in [9.17, 15) is 12.8 Å². The number of nitrogens with zero attached hydrogens (tertiary/aromatic N) is 4. The lowest BCUT2D eigenvalue weighted by molar-refractivity contribution is 0.316. The van der Waals surface area contributed by atoms with Crippen molar-refractivity contribution < 1.29 is 12.8 Å². The largest absolute Gasteiger partial charge is 0.315 e. The van der Waals surface area contributed by atoms with Gasteiger partial charge >= 0.3 is 0 Å². The summed E-state index contributed by atoms with van der Waals surface area (Å²) < 4.78 is 40.1. The van der Waals surface area contributed by atoms with Crippen molar-refractivity contribution in [3.05, 3.63) is 59.2 Å². The molecule has 1 aliphatic heterocycles. The summed E-state index contributed by atoms with van der Waals surface area (Å²) in [7, 11) is -3.62. The molecule has 0 atom stereocenters. The van der Waals surface area contributed by atoms with E-state index in [0.29, 0.717) is 31.7 Å². The molecule has 3 aromatic rings. The molecular weight excluding hydrogens is 413 g/mol. The van der Waals surface area contributed by atoms with Crippen molar-refractivity contribution in [2.45, 2.75) is 30.6 Å². The second-order valence-electron chi connectivity index (χ2n) is 6.88. The second-order valence-corrected chi connectivity index (χ2v) is 9.68. The van der Waals surface area contributed by atoms with Crippen LogP contribution in [0, 0.1) is 12.7 Å². The smallest absolute Gasteiger partial charge is 0.243 e. The average Bonchev–Trinajstić information content (AvgIpc) is 3.13. The number of hydrogen-bond donors (Lipinski definition) is 1. The minimum Gasteiger partial charge on any atom is -0.315 e.